The summed E-state index contributed by atoms with van der Waals surface area (Å²) < 4.78 is 5.47. The van der Waals surface area contributed by atoms with Crippen molar-refractivity contribution in [2.75, 3.05) is 32.8 Å². The van der Waals surface area contributed by atoms with E-state index in [1.165, 1.54) is 0 Å². The van der Waals surface area contributed by atoms with E-state index in [1.807, 2.05) is 24.3 Å². The number of nitrogens with one attached hydrogen (secondary N) is 1. The van der Waals surface area contributed by atoms with Crippen LogP contribution in [0.3, 0.4) is 0 Å². The molecule has 1 N–H and O–H groups in total. The second-order valence-corrected chi connectivity index (χ2v) is 6.56. The van der Waals surface area contributed by atoms with Crippen molar-refractivity contribution >= 4 is 23.5 Å². The number of carbonyl (C=O) groups excluding carboxylic acids is 2. The van der Waals surface area contributed by atoms with Gasteiger partial charge in [-0.1, -0.05) is 29.8 Å². The maximum Gasteiger partial charge on any atom is 0.320 e. The van der Waals surface area contributed by atoms with Crippen molar-refractivity contribution in [1.29, 1.82) is 0 Å². The Balaban J connectivity index is 1.47. The van der Waals surface area contributed by atoms with E-state index < -0.39 is 0 Å². The number of carbonyl (C=O) groups is 2. The molecule has 2 aliphatic rings. The largest absolute Gasteiger partial charge is 0.376 e. The minimum atomic E-state index is -0.140. The molecule has 0 unspecified atom stereocenters. The van der Waals surface area contributed by atoms with Crippen LogP contribution in [0.2, 0.25) is 5.02 Å². The Hall–Kier alpha value is -1.79. The highest BCUT2D eigenvalue weighted by atomic mass is 35.5. The molecule has 0 spiro atoms. The molecule has 1 atom stereocenters. The van der Waals surface area contributed by atoms with Crippen molar-refractivity contribution in [2.24, 2.45) is 0 Å². The van der Waals surface area contributed by atoms with Crippen molar-refractivity contribution in [3.8, 4) is 0 Å². The first-order chi connectivity index (χ1) is 11.6. The number of halogens is 1. The Morgan fingerprint density at radius 2 is 2.08 bits per heavy atom. The Morgan fingerprint density at radius 1 is 1.29 bits per heavy atom. The number of benzene rings is 1. The van der Waals surface area contributed by atoms with Gasteiger partial charge in [0.25, 0.3) is 0 Å². The van der Waals surface area contributed by atoms with Crippen LogP contribution < -0.4 is 5.32 Å². The summed E-state index contributed by atoms with van der Waals surface area (Å²) in [4.78, 5) is 27.7. The summed E-state index contributed by atoms with van der Waals surface area (Å²) in [6.45, 7) is 2.99. The van der Waals surface area contributed by atoms with Gasteiger partial charge in [-0.3, -0.25) is 4.79 Å². The number of amides is 3. The molecule has 1 aromatic carbocycles. The van der Waals surface area contributed by atoms with Crippen molar-refractivity contribution in [3.05, 3.63) is 34.9 Å². The highest BCUT2D eigenvalue weighted by molar-refractivity contribution is 6.31. The first-order valence-corrected chi connectivity index (χ1v) is 8.67. The Kier molecular flexibility index (Phi) is 5.58. The van der Waals surface area contributed by atoms with E-state index in [0.29, 0.717) is 31.2 Å². The summed E-state index contributed by atoms with van der Waals surface area (Å²) in [6, 6.07) is 7.36. The maximum absolute atomic E-state index is 12.4. The van der Waals surface area contributed by atoms with E-state index in [-0.39, 0.29) is 24.6 Å². The maximum atomic E-state index is 12.4. The summed E-state index contributed by atoms with van der Waals surface area (Å²) in [6.07, 6.45) is 2.14. The van der Waals surface area contributed by atoms with E-state index in [9.17, 15) is 9.59 Å². The van der Waals surface area contributed by atoms with E-state index >= 15 is 0 Å². The molecule has 0 bridgehead atoms. The number of ether oxygens (including phenoxy) is 1. The Labute approximate surface area is 146 Å². The molecular weight excluding hydrogens is 330 g/mol. The molecular formula is C17H22ClN3O3. The molecule has 130 valence electrons. The lowest BCUT2D eigenvalue weighted by molar-refractivity contribution is -0.122. The average molecular weight is 352 g/mol. The van der Waals surface area contributed by atoms with Crippen molar-refractivity contribution in [2.45, 2.75) is 25.5 Å². The number of hydrogen-bond donors (Lipinski definition) is 1. The van der Waals surface area contributed by atoms with Crippen molar-refractivity contribution in [3.63, 3.8) is 0 Å². The van der Waals surface area contributed by atoms with Gasteiger partial charge >= 0.3 is 6.03 Å². The van der Waals surface area contributed by atoms with Gasteiger partial charge in [0.15, 0.2) is 0 Å². The summed E-state index contributed by atoms with van der Waals surface area (Å²) in [5.41, 5.74) is 0.914. The third kappa shape index (κ3) is 4.19. The molecule has 0 saturated carbocycles. The summed E-state index contributed by atoms with van der Waals surface area (Å²) >= 11 is 6.15. The lowest BCUT2D eigenvalue weighted by atomic mass is 10.2. The molecule has 3 rings (SSSR count). The van der Waals surface area contributed by atoms with Crippen LogP contribution >= 0.6 is 11.6 Å². The van der Waals surface area contributed by atoms with Crippen LogP contribution in [0.4, 0.5) is 4.79 Å². The first-order valence-electron chi connectivity index (χ1n) is 8.29. The molecule has 2 fully saturated rings. The fourth-order valence-electron chi connectivity index (χ4n) is 3.02. The van der Waals surface area contributed by atoms with Crippen LogP contribution in [-0.2, 0) is 16.1 Å². The molecule has 3 amide bonds. The van der Waals surface area contributed by atoms with Crippen LogP contribution in [0.1, 0.15) is 18.4 Å². The van der Waals surface area contributed by atoms with Gasteiger partial charge in [0.1, 0.15) is 6.54 Å². The molecule has 7 heteroatoms. The highest BCUT2D eigenvalue weighted by Crippen LogP contribution is 2.19. The zero-order valence-corrected chi connectivity index (χ0v) is 14.3. The first kappa shape index (κ1) is 17.0. The molecule has 0 radical (unpaired) electrons. The van der Waals surface area contributed by atoms with E-state index in [4.69, 9.17) is 16.3 Å². The van der Waals surface area contributed by atoms with Crippen molar-refractivity contribution < 1.29 is 14.3 Å². The smallest absolute Gasteiger partial charge is 0.320 e. The molecule has 0 aromatic heterocycles. The van der Waals surface area contributed by atoms with Crippen molar-refractivity contribution in [1.82, 2.24) is 15.1 Å². The number of urea groups is 1. The van der Waals surface area contributed by atoms with Crippen LogP contribution in [0, 0.1) is 0 Å². The quantitative estimate of drug-likeness (QED) is 0.851. The lowest BCUT2D eigenvalue weighted by Crippen LogP contribution is -2.41. The topological polar surface area (TPSA) is 61.9 Å². The van der Waals surface area contributed by atoms with E-state index in [1.54, 1.807) is 9.80 Å². The van der Waals surface area contributed by atoms with Crippen LogP contribution in [0.25, 0.3) is 0 Å². The van der Waals surface area contributed by atoms with Crippen LogP contribution in [0.15, 0.2) is 24.3 Å². The zero-order chi connectivity index (χ0) is 16.9. The Bertz CT molecular complexity index is 604. The van der Waals surface area contributed by atoms with Crippen LogP contribution in [-0.4, -0.2) is 60.6 Å². The SMILES string of the molecule is O=C(CN1CCN(Cc2ccccc2Cl)C1=O)NC[C@H]1CCCO1. The predicted octanol–water partition coefficient (Wildman–Crippen LogP) is 1.87. The number of nitrogens with zero attached hydrogens (tertiary/aromatic N) is 2. The van der Waals surface area contributed by atoms with Gasteiger partial charge in [-0.25, -0.2) is 4.79 Å². The third-order valence-corrected chi connectivity index (χ3v) is 4.75. The molecule has 2 saturated heterocycles. The summed E-state index contributed by atoms with van der Waals surface area (Å²) in [5, 5.41) is 3.50. The normalized spacial score (nSPS) is 20.7. The number of rotatable bonds is 6. The lowest BCUT2D eigenvalue weighted by Gasteiger charge is -2.19. The monoisotopic (exact) mass is 351 g/mol. The van der Waals surface area contributed by atoms with Gasteiger partial charge < -0.3 is 19.9 Å². The standard InChI is InChI=1S/C17H22ClN3O3/c18-15-6-2-1-4-13(15)11-20-7-8-21(17(20)23)12-16(22)19-10-14-5-3-9-24-14/h1-2,4,6,14H,3,5,7-12H2,(H,19,22)/t14-/m1/s1. The predicted molar refractivity (Wildman–Crippen MR) is 90.8 cm³/mol. The number of hydrogen-bond acceptors (Lipinski definition) is 3. The minimum absolute atomic E-state index is 0.0879. The highest BCUT2D eigenvalue weighted by Gasteiger charge is 2.30. The second kappa shape index (κ2) is 7.85. The molecule has 2 aliphatic heterocycles. The van der Waals surface area contributed by atoms with Gasteiger partial charge in [-0.2, -0.15) is 0 Å². The van der Waals surface area contributed by atoms with Gasteiger partial charge in [0, 0.05) is 37.8 Å². The van der Waals surface area contributed by atoms with E-state index in [2.05, 4.69) is 5.32 Å². The van der Waals surface area contributed by atoms with Gasteiger partial charge in [-0.05, 0) is 24.5 Å². The van der Waals surface area contributed by atoms with E-state index in [0.717, 1.165) is 25.0 Å². The fraction of sp³-hybridized carbons (Fsp3) is 0.529. The Morgan fingerprint density at radius 3 is 2.83 bits per heavy atom. The van der Waals surface area contributed by atoms with Gasteiger partial charge in [-0.15, -0.1) is 0 Å². The fourth-order valence-corrected chi connectivity index (χ4v) is 3.22. The average Bonchev–Trinajstić information content (AvgIpc) is 3.20. The third-order valence-electron chi connectivity index (χ3n) is 4.39. The minimum Gasteiger partial charge on any atom is -0.376 e. The van der Waals surface area contributed by atoms with Gasteiger partial charge in [0.05, 0.1) is 6.10 Å². The molecule has 24 heavy (non-hydrogen) atoms. The molecule has 1 aromatic rings. The second-order valence-electron chi connectivity index (χ2n) is 6.16. The van der Waals surface area contributed by atoms with Crippen LogP contribution in [0.5, 0.6) is 0 Å². The zero-order valence-electron chi connectivity index (χ0n) is 13.5. The molecule has 6 nitrogen and oxygen atoms in total. The molecule has 2 heterocycles. The van der Waals surface area contributed by atoms with Gasteiger partial charge in [0.2, 0.25) is 5.91 Å². The summed E-state index contributed by atoms with van der Waals surface area (Å²) in [5.74, 6) is -0.140. The molecule has 0 aliphatic carbocycles. The summed E-state index contributed by atoms with van der Waals surface area (Å²) in [7, 11) is 0.